The minimum absolute atomic E-state index is 0.176. The number of rotatable bonds is 11. The second kappa shape index (κ2) is 14.5. The van der Waals surface area contributed by atoms with Crippen molar-refractivity contribution in [3.05, 3.63) is 132 Å². The van der Waals surface area contributed by atoms with E-state index < -0.39 is 12.0 Å². The Labute approximate surface area is 287 Å². The van der Waals surface area contributed by atoms with Gasteiger partial charge in [-0.3, -0.25) is 9.36 Å². The standard InChI is InChI=1S/C38H35ClN2O6S/c1-5-10-29-34(37(43)46-6-2)35(28-21-26(39)16-18-30(28)44-3)41-36(42)33(48-38(41)40-29)20-23-15-17-31(32(19-23)45-4)47-22-25-13-9-12-24-11-7-8-14-27(24)25/h7-9,11-21,35H,5-6,10,22H2,1-4H3/b33-20+/t35-/m1/s1. The Kier molecular flexibility index (Phi) is 9.98. The summed E-state index contributed by atoms with van der Waals surface area (Å²) < 4.78 is 25.1. The van der Waals surface area contributed by atoms with E-state index in [2.05, 4.69) is 24.3 Å². The number of allylic oxidation sites excluding steroid dienone is 1. The van der Waals surface area contributed by atoms with Crippen LogP contribution in [-0.4, -0.2) is 31.4 Å². The van der Waals surface area contributed by atoms with Crippen LogP contribution in [0, 0.1) is 0 Å². The van der Waals surface area contributed by atoms with E-state index in [1.165, 1.54) is 15.9 Å². The van der Waals surface area contributed by atoms with Crippen molar-refractivity contribution >= 4 is 45.8 Å². The van der Waals surface area contributed by atoms with Crippen LogP contribution in [-0.2, 0) is 16.1 Å². The Balaban J connectivity index is 1.42. The Hall–Kier alpha value is -4.86. The SMILES string of the molecule is CCCC1=C(C(=O)OCC)[C@@H](c2cc(Cl)ccc2OC)n2c(s/c(=C/c3ccc(OCc4cccc5ccccc45)c(OC)c3)c2=O)=N1. The molecule has 0 aliphatic carbocycles. The molecule has 48 heavy (non-hydrogen) atoms. The van der Waals surface area contributed by atoms with Crippen molar-refractivity contribution in [2.75, 3.05) is 20.8 Å². The Morgan fingerprint density at radius 3 is 2.50 bits per heavy atom. The van der Waals surface area contributed by atoms with E-state index in [0.29, 0.717) is 61.5 Å². The summed E-state index contributed by atoms with van der Waals surface area (Å²) in [5.74, 6) is 1.07. The molecule has 0 saturated heterocycles. The molecule has 2 heterocycles. The highest BCUT2D eigenvalue weighted by Crippen LogP contribution is 2.38. The van der Waals surface area contributed by atoms with E-state index in [1.54, 1.807) is 45.4 Å². The summed E-state index contributed by atoms with van der Waals surface area (Å²) in [5.41, 5.74) is 2.94. The third-order valence-corrected chi connectivity index (χ3v) is 9.35. The second-order valence-corrected chi connectivity index (χ2v) is 12.6. The molecule has 1 atom stereocenters. The first kappa shape index (κ1) is 33.1. The van der Waals surface area contributed by atoms with Crippen molar-refractivity contribution in [2.24, 2.45) is 4.99 Å². The van der Waals surface area contributed by atoms with Gasteiger partial charge in [0.25, 0.3) is 5.56 Å². The molecule has 0 saturated carbocycles. The number of nitrogens with zero attached hydrogens (tertiary/aromatic N) is 2. The summed E-state index contributed by atoms with van der Waals surface area (Å²) in [6.07, 6.45) is 3.06. The number of benzene rings is 4. The lowest BCUT2D eigenvalue weighted by molar-refractivity contribution is -0.139. The molecular weight excluding hydrogens is 648 g/mol. The van der Waals surface area contributed by atoms with Crippen LogP contribution in [0.5, 0.6) is 17.2 Å². The summed E-state index contributed by atoms with van der Waals surface area (Å²) in [6, 6.07) is 24.2. The number of hydrogen-bond acceptors (Lipinski definition) is 8. The normalized spacial score (nSPS) is 14.4. The van der Waals surface area contributed by atoms with Crippen LogP contribution in [0.4, 0.5) is 0 Å². The zero-order chi connectivity index (χ0) is 33.8. The van der Waals surface area contributed by atoms with E-state index >= 15 is 0 Å². The Bertz CT molecular complexity index is 2220. The smallest absolute Gasteiger partial charge is 0.338 e. The molecule has 8 nitrogen and oxygen atoms in total. The summed E-state index contributed by atoms with van der Waals surface area (Å²) in [4.78, 5) is 33.1. The van der Waals surface area contributed by atoms with Crippen LogP contribution < -0.4 is 29.1 Å². The van der Waals surface area contributed by atoms with Gasteiger partial charge >= 0.3 is 5.97 Å². The Morgan fingerprint density at radius 2 is 1.73 bits per heavy atom. The molecule has 0 spiro atoms. The number of thiazole rings is 1. The number of methoxy groups -OCH3 is 2. The molecule has 246 valence electrons. The number of fused-ring (bicyclic) bond motifs is 2. The van der Waals surface area contributed by atoms with Crippen molar-refractivity contribution in [1.29, 1.82) is 0 Å². The zero-order valence-electron chi connectivity index (χ0n) is 27.1. The molecule has 0 N–H and O–H groups in total. The highest BCUT2D eigenvalue weighted by Gasteiger charge is 2.36. The van der Waals surface area contributed by atoms with Gasteiger partial charge in [0, 0.05) is 10.6 Å². The predicted molar refractivity (Wildman–Crippen MR) is 189 cm³/mol. The highest BCUT2D eigenvalue weighted by molar-refractivity contribution is 7.07. The third-order valence-electron chi connectivity index (χ3n) is 8.13. The predicted octanol–water partition coefficient (Wildman–Crippen LogP) is 6.98. The number of halogens is 1. The molecule has 0 fully saturated rings. The van der Waals surface area contributed by atoms with E-state index in [-0.39, 0.29) is 12.2 Å². The number of aromatic nitrogens is 1. The molecular formula is C38H35ClN2O6S. The molecule has 0 unspecified atom stereocenters. The average Bonchev–Trinajstić information content (AvgIpc) is 3.40. The van der Waals surface area contributed by atoms with Gasteiger partial charge in [0.1, 0.15) is 18.4 Å². The average molecular weight is 683 g/mol. The third kappa shape index (κ3) is 6.48. The Morgan fingerprint density at radius 1 is 0.958 bits per heavy atom. The summed E-state index contributed by atoms with van der Waals surface area (Å²) in [5, 5.41) is 2.72. The minimum atomic E-state index is -0.850. The lowest BCUT2D eigenvalue weighted by Crippen LogP contribution is -2.40. The molecule has 1 aliphatic heterocycles. The lowest BCUT2D eigenvalue weighted by atomic mass is 9.93. The van der Waals surface area contributed by atoms with Gasteiger partial charge in [0.2, 0.25) is 0 Å². The quantitative estimate of drug-likeness (QED) is 0.140. The molecule has 4 aromatic carbocycles. The summed E-state index contributed by atoms with van der Waals surface area (Å²) in [7, 11) is 3.13. The number of hydrogen-bond donors (Lipinski definition) is 0. The highest BCUT2D eigenvalue weighted by atomic mass is 35.5. The van der Waals surface area contributed by atoms with Gasteiger partial charge in [-0.15, -0.1) is 0 Å². The fraction of sp³-hybridized carbons (Fsp3) is 0.237. The van der Waals surface area contributed by atoms with Gasteiger partial charge in [0.15, 0.2) is 16.3 Å². The van der Waals surface area contributed by atoms with E-state index in [4.69, 9.17) is 35.5 Å². The van der Waals surface area contributed by atoms with Crippen molar-refractivity contribution in [2.45, 2.75) is 39.3 Å². The molecule has 0 bridgehead atoms. The van der Waals surface area contributed by atoms with Crippen LogP contribution >= 0.6 is 22.9 Å². The van der Waals surface area contributed by atoms with Gasteiger partial charge < -0.3 is 18.9 Å². The molecule has 10 heteroatoms. The minimum Gasteiger partial charge on any atom is -0.496 e. The fourth-order valence-corrected chi connectivity index (χ4v) is 7.15. The number of esters is 1. The van der Waals surface area contributed by atoms with Gasteiger partial charge in [0.05, 0.1) is 36.6 Å². The van der Waals surface area contributed by atoms with Crippen LogP contribution in [0.3, 0.4) is 0 Å². The van der Waals surface area contributed by atoms with E-state index in [0.717, 1.165) is 28.3 Å². The number of carbonyl (C=O) groups is 1. The van der Waals surface area contributed by atoms with Crippen molar-refractivity contribution in [3.63, 3.8) is 0 Å². The molecule has 1 aliphatic rings. The summed E-state index contributed by atoms with van der Waals surface area (Å²) >= 11 is 7.71. The monoisotopic (exact) mass is 682 g/mol. The van der Waals surface area contributed by atoms with Gasteiger partial charge in [-0.25, -0.2) is 9.79 Å². The number of carbonyl (C=O) groups excluding carboxylic acids is 1. The first-order valence-electron chi connectivity index (χ1n) is 15.7. The maximum atomic E-state index is 14.2. The zero-order valence-corrected chi connectivity index (χ0v) is 28.7. The van der Waals surface area contributed by atoms with E-state index in [1.807, 2.05) is 43.3 Å². The second-order valence-electron chi connectivity index (χ2n) is 11.1. The molecule has 0 amide bonds. The van der Waals surface area contributed by atoms with Gasteiger partial charge in [-0.1, -0.05) is 84.8 Å². The maximum Gasteiger partial charge on any atom is 0.338 e. The van der Waals surface area contributed by atoms with Crippen molar-refractivity contribution < 1.29 is 23.7 Å². The van der Waals surface area contributed by atoms with Gasteiger partial charge in [-0.05, 0) is 71.7 Å². The topological polar surface area (TPSA) is 88.4 Å². The summed E-state index contributed by atoms with van der Waals surface area (Å²) in [6.45, 7) is 4.30. The van der Waals surface area contributed by atoms with E-state index in [9.17, 15) is 9.59 Å². The maximum absolute atomic E-state index is 14.2. The lowest BCUT2D eigenvalue weighted by Gasteiger charge is -2.27. The van der Waals surface area contributed by atoms with Gasteiger partial charge in [-0.2, -0.15) is 0 Å². The molecule has 0 radical (unpaired) electrons. The van der Waals surface area contributed by atoms with Crippen LogP contribution in [0.15, 0.2) is 99.9 Å². The van der Waals surface area contributed by atoms with Crippen LogP contribution in [0.25, 0.3) is 16.8 Å². The van der Waals surface area contributed by atoms with Crippen molar-refractivity contribution in [1.82, 2.24) is 4.57 Å². The molecule has 6 rings (SSSR count). The van der Waals surface area contributed by atoms with Crippen LogP contribution in [0.1, 0.15) is 49.4 Å². The largest absolute Gasteiger partial charge is 0.496 e. The first-order valence-corrected chi connectivity index (χ1v) is 16.9. The molecule has 5 aromatic rings. The number of ether oxygens (including phenoxy) is 4. The van der Waals surface area contributed by atoms with Crippen LogP contribution in [0.2, 0.25) is 5.02 Å². The van der Waals surface area contributed by atoms with Crippen molar-refractivity contribution in [3.8, 4) is 17.2 Å². The first-order chi connectivity index (χ1) is 23.4. The molecule has 1 aromatic heterocycles. The fourth-order valence-electron chi connectivity index (χ4n) is 5.95.